The maximum atomic E-state index is 13.9. The zero-order valence-electron chi connectivity index (χ0n) is 23.2. The van der Waals surface area contributed by atoms with Crippen molar-refractivity contribution in [2.75, 3.05) is 13.7 Å². The van der Waals surface area contributed by atoms with Crippen molar-refractivity contribution < 1.29 is 19.2 Å². The van der Waals surface area contributed by atoms with Crippen LogP contribution in [0.2, 0.25) is 0 Å². The van der Waals surface area contributed by atoms with Crippen LogP contribution in [0.25, 0.3) is 11.8 Å². The average Bonchev–Trinajstić information content (AvgIpc) is 3.41. The number of carbonyl (C=O) groups is 1. The van der Waals surface area contributed by atoms with Crippen molar-refractivity contribution in [1.82, 2.24) is 9.13 Å². The summed E-state index contributed by atoms with van der Waals surface area (Å²) in [6, 6.07) is 14.8. The van der Waals surface area contributed by atoms with E-state index in [-0.39, 0.29) is 17.9 Å². The van der Waals surface area contributed by atoms with Crippen molar-refractivity contribution >= 4 is 29.1 Å². The summed E-state index contributed by atoms with van der Waals surface area (Å²) < 4.78 is 14.7. The average molecular weight is 573 g/mol. The number of nitro benzene ring substituents is 1. The van der Waals surface area contributed by atoms with E-state index in [0.29, 0.717) is 26.4 Å². The molecule has 2 aromatic carbocycles. The third-order valence-corrected chi connectivity index (χ3v) is 8.01. The second kappa shape index (κ2) is 11.0. The number of non-ortho nitro benzene ring substituents is 1. The van der Waals surface area contributed by atoms with Crippen LogP contribution in [-0.2, 0) is 9.53 Å². The monoisotopic (exact) mass is 572 g/mol. The molecule has 0 fully saturated rings. The van der Waals surface area contributed by atoms with Gasteiger partial charge in [-0.15, -0.1) is 0 Å². The molecule has 1 aliphatic rings. The molecule has 11 heteroatoms. The number of fused-ring (bicyclic) bond motifs is 1. The lowest BCUT2D eigenvalue weighted by atomic mass is 9.96. The van der Waals surface area contributed by atoms with E-state index in [9.17, 15) is 19.7 Å². The molecule has 0 radical (unpaired) electrons. The topological polar surface area (TPSA) is 118 Å². The SMILES string of the molecule is CCOC(=O)C1=C(C)N=c2s/c(=C\c3cc(C)n(-c4ccc([N+](=O)[O-])cc4)c3C)c(=O)n2C1c1ccc(OC)cc1. The Hall–Kier alpha value is -4.77. The molecule has 1 unspecified atom stereocenters. The van der Waals surface area contributed by atoms with Crippen LogP contribution in [-0.4, -0.2) is 33.7 Å². The second-order valence-corrected chi connectivity index (χ2v) is 10.5. The molecule has 4 aromatic rings. The lowest BCUT2D eigenvalue weighted by Crippen LogP contribution is -2.39. The molecule has 3 heterocycles. The fraction of sp³-hybridized carbons (Fsp3) is 0.233. The third kappa shape index (κ3) is 5.00. The molecule has 0 aliphatic carbocycles. The number of benzene rings is 2. The number of ether oxygens (including phenoxy) is 2. The van der Waals surface area contributed by atoms with Gasteiger partial charge in [0.2, 0.25) is 0 Å². The highest BCUT2D eigenvalue weighted by Crippen LogP contribution is 2.31. The van der Waals surface area contributed by atoms with Gasteiger partial charge in [0, 0.05) is 29.2 Å². The summed E-state index contributed by atoms with van der Waals surface area (Å²) in [5.74, 6) is 0.137. The normalized spacial score (nSPS) is 15.0. The number of hydrogen-bond donors (Lipinski definition) is 0. The van der Waals surface area contributed by atoms with Gasteiger partial charge in [-0.1, -0.05) is 23.5 Å². The summed E-state index contributed by atoms with van der Waals surface area (Å²) >= 11 is 1.25. The Bertz CT molecular complexity index is 1880. The number of carbonyl (C=O) groups excluding carboxylic acids is 1. The van der Waals surface area contributed by atoms with Crippen LogP contribution in [0.3, 0.4) is 0 Å². The molecule has 0 amide bonds. The molecule has 1 aliphatic heterocycles. The number of rotatable bonds is 7. The van der Waals surface area contributed by atoms with Crippen LogP contribution in [0.4, 0.5) is 5.69 Å². The van der Waals surface area contributed by atoms with Crippen molar-refractivity contribution in [3.63, 3.8) is 0 Å². The molecular formula is C30H28N4O6S. The minimum absolute atomic E-state index is 0.0152. The van der Waals surface area contributed by atoms with Crippen LogP contribution < -0.4 is 19.6 Å². The van der Waals surface area contributed by atoms with Crippen LogP contribution in [0.1, 0.15) is 42.4 Å². The summed E-state index contributed by atoms with van der Waals surface area (Å²) in [5, 5.41) is 11.1. The van der Waals surface area contributed by atoms with Gasteiger partial charge in [0.1, 0.15) is 5.75 Å². The van der Waals surface area contributed by atoms with Crippen LogP contribution >= 0.6 is 11.3 Å². The summed E-state index contributed by atoms with van der Waals surface area (Å²) in [7, 11) is 1.57. The fourth-order valence-corrected chi connectivity index (χ4v) is 6.13. The molecule has 0 bridgehead atoms. The Labute approximate surface area is 239 Å². The molecule has 5 rings (SSSR count). The lowest BCUT2D eigenvalue weighted by Gasteiger charge is -2.24. The highest BCUT2D eigenvalue weighted by molar-refractivity contribution is 7.07. The number of nitrogens with zero attached hydrogens (tertiary/aromatic N) is 4. The van der Waals surface area contributed by atoms with E-state index in [1.807, 2.05) is 42.7 Å². The first kappa shape index (κ1) is 27.8. The number of aryl methyl sites for hydroxylation is 1. The minimum atomic E-state index is -0.717. The van der Waals surface area contributed by atoms with E-state index in [1.165, 1.54) is 23.5 Å². The standard InChI is InChI=1S/C30H28N4O6S/c1-6-40-29(36)26-18(3)31-30-33(27(26)20-7-13-24(39-5)14-8-20)28(35)25(41-30)16-21-15-17(2)32(19(21)4)22-9-11-23(12-10-22)34(37)38/h7-16,27H,6H2,1-5H3/b25-16-. The van der Waals surface area contributed by atoms with Gasteiger partial charge in [0.15, 0.2) is 4.80 Å². The van der Waals surface area contributed by atoms with Gasteiger partial charge in [-0.25, -0.2) is 9.79 Å². The molecular weight excluding hydrogens is 544 g/mol. The van der Waals surface area contributed by atoms with Crippen molar-refractivity contribution in [2.45, 2.75) is 33.7 Å². The summed E-state index contributed by atoms with van der Waals surface area (Å²) in [6.07, 6.45) is 1.82. The Morgan fingerprint density at radius 1 is 1.12 bits per heavy atom. The van der Waals surface area contributed by atoms with Crippen molar-refractivity contribution in [1.29, 1.82) is 0 Å². The smallest absolute Gasteiger partial charge is 0.338 e. The van der Waals surface area contributed by atoms with E-state index < -0.39 is 16.9 Å². The first-order valence-corrected chi connectivity index (χ1v) is 13.7. The van der Waals surface area contributed by atoms with Crippen LogP contribution in [0.15, 0.2) is 75.7 Å². The highest BCUT2D eigenvalue weighted by Gasteiger charge is 2.33. The van der Waals surface area contributed by atoms with Gasteiger partial charge in [0.25, 0.3) is 11.2 Å². The molecule has 0 spiro atoms. The number of esters is 1. The van der Waals surface area contributed by atoms with Crippen LogP contribution in [0.5, 0.6) is 5.75 Å². The molecule has 1 atom stereocenters. The van der Waals surface area contributed by atoms with Crippen molar-refractivity contribution in [3.8, 4) is 11.4 Å². The van der Waals surface area contributed by atoms with Gasteiger partial charge in [0.05, 0.1) is 40.5 Å². The zero-order chi connectivity index (χ0) is 29.4. The Balaban J connectivity index is 1.65. The predicted octanol–water partition coefficient (Wildman–Crippen LogP) is 4.12. The first-order valence-electron chi connectivity index (χ1n) is 12.9. The Kier molecular flexibility index (Phi) is 7.46. The summed E-state index contributed by atoms with van der Waals surface area (Å²) in [4.78, 5) is 42.8. The Morgan fingerprint density at radius 2 is 1.80 bits per heavy atom. The van der Waals surface area contributed by atoms with E-state index >= 15 is 0 Å². The number of thiazole rings is 1. The summed E-state index contributed by atoms with van der Waals surface area (Å²) in [6.45, 7) is 7.54. The molecule has 2 aromatic heterocycles. The Morgan fingerprint density at radius 3 is 2.41 bits per heavy atom. The fourth-order valence-electron chi connectivity index (χ4n) is 5.09. The molecule has 41 heavy (non-hydrogen) atoms. The lowest BCUT2D eigenvalue weighted by molar-refractivity contribution is -0.384. The molecule has 10 nitrogen and oxygen atoms in total. The quantitative estimate of drug-likeness (QED) is 0.187. The minimum Gasteiger partial charge on any atom is -0.497 e. The molecule has 0 saturated heterocycles. The largest absolute Gasteiger partial charge is 0.497 e. The van der Waals surface area contributed by atoms with Crippen molar-refractivity contribution in [3.05, 3.63) is 118 Å². The van der Waals surface area contributed by atoms with E-state index in [0.717, 1.165) is 28.2 Å². The van der Waals surface area contributed by atoms with Crippen molar-refractivity contribution in [2.24, 2.45) is 4.99 Å². The van der Waals surface area contributed by atoms with Gasteiger partial charge in [-0.3, -0.25) is 19.5 Å². The van der Waals surface area contributed by atoms with E-state index in [1.54, 1.807) is 49.8 Å². The number of hydrogen-bond acceptors (Lipinski definition) is 8. The van der Waals surface area contributed by atoms with Gasteiger partial charge in [-0.05, 0) is 75.2 Å². The molecule has 210 valence electrons. The van der Waals surface area contributed by atoms with Gasteiger partial charge >= 0.3 is 5.97 Å². The molecule has 0 N–H and O–H groups in total. The third-order valence-electron chi connectivity index (χ3n) is 7.02. The number of nitro groups is 1. The van der Waals surface area contributed by atoms with Crippen LogP contribution in [0, 0.1) is 24.0 Å². The summed E-state index contributed by atoms with van der Waals surface area (Å²) in [5.41, 5.74) is 4.66. The number of methoxy groups -OCH3 is 1. The van der Waals surface area contributed by atoms with Gasteiger partial charge in [-0.2, -0.15) is 0 Å². The molecule has 0 saturated carbocycles. The van der Waals surface area contributed by atoms with E-state index in [2.05, 4.69) is 4.99 Å². The maximum Gasteiger partial charge on any atom is 0.338 e. The van der Waals surface area contributed by atoms with Gasteiger partial charge < -0.3 is 14.0 Å². The highest BCUT2D eigenvalue weighted by atomic mass is 32.1. The zero-order valence-corrected chi connectivity index (χ0v) is 24.0. The second-order valence-electron chi connectivity index (χ2n) is 9.51. The predicted molar refractivity (Wildman–Crippen MR) is 155 cm³/mol. The number of allylic oxidation sites excluding steroid dienone is 1. The van der Waals surface area contributed by atoms with E-state index in [4.69, 9.17) is 9.47 Å². The maximum absolute atomic E-state index is 13.9. The first-order chi connectivity index (χ1) is 19.6. The number of aromatic nitrogens is 2.